The number of aromatic nitrogens is 3. The van der Waals surface area contributed by atoms with Crippen LogP contribution in [0.5, 0.6) is 5.88 Å². The number of imidazole rings is 1. The molecule has 5 heteroatoms. The van der Waals surface area contributed by atoms with E-state index in [1.807, 2.05) is 18.2 Å². The molecule has 0 aliphatic rings. The molecule has 0 unspecified atom stereocenters. The average molecular weight is 246 g/mol. The molecule has 0 fully saturated rings. The molecular weight excluding hydrogens is 238 g/mol. The van der Waals surface area contributed by atoms with E-state index in [0.717, 1.165) is 0 Å². The maximum absolute atomic E-state index is 9.86. The first-order valence-electron chi connectivity index (χ1n) is 5.05. The second-order valence-corrected chi connectivity index (χ2v) is 3.90. The molecule has 3 aromatic rings. The molecule has 4 nitrogen and oxygen atoms in total. The fourth-order valence-corrected chi connectivity index (χ4v) is 1.98. The minimum absolute atomic E-state index is 0.0857. The second kappa shape index (κ2) is 3.75. The number of halogens is 1. The lowest BCUT2D eigenvalue weighted by Gasteiger charge is -2.02. The number of pyridine rings is 2. The Morgan fingerprint density at radius 1 is 1.12 bits per heavy atom. The highest BCUT2D eigenvalue weighted by molar-refractivity contribution is 6.32. The van der Waals surface area contributed by atoms with Crippen molar-refractivity contribution < 1.29 is 5.11 Å². The molecule has 0 saturated heterocycles. The van der Waals surface area contributed by atoms with E-state index in [-0.39, 0.29) is 5.88 Å². The third-order valence-electron chi connectivity index (χ3n) is 2.49. The Balaban J connectivity index is 2.38. The summed E-state index contributed by atoms with van der Waals surface area (Å²) in [5.74, 6) is 0.617. The van der Waals surface area contributed by atoms with Gasteiger partial charge in [-0.25, -0.2) is 4.98 Å². The van der Waals surface area contributed by atoms with Gasteiger partial charge >= 0.3 is 0 Å². The molecule has 0 aromatic carbocycles. The highest BCUT2D eigenvalue weighted by atomic mass is 35.5. The Bertz CT molecular complexity index is 679. The first kappa shape index (κ1) is 10.1. The molecule has 0 spiro atoms. The molecule has 84 valence electrons. The Morgan fingerprint density at radius 3 is 2.76 bits per heavy atom. The standard InChI is InChI=1S/C12H8ClN3O/c13-11-9-5-3-6-10(17)16(9)12(15-11)8-4-1-2-7-14-8/h1-7,17H. The van der Waals surface area contributed by atoms with E-state index in [2.05, 4.69) is 9.97 Å². The van der Waals surface area contributed by atoms with Crippen molar-refractivity contribution in [2.45, 2.75) is 0 Å². The van der Waals surface area contributed by atoms with Gasteiger partial charge in [-0.15, -0.1) is 0 Å². The van der Waals surface area contributed by atoms with Gasteiger partial charge in [-0.3, -0.25) is 9.38 Å². The van der Waals surface area contributed by atoms with Crippen molar-refractivity contribution in [2.24, 2.45) is 0 Å². The zero-order valence-corrected chi connectivity index (χ0v) is 9.46. The topological polar surface area (TPSA) is 50.4 Å². The normalized spacial score (nSPS) is 10.9. The Labute approximate surface area is 102 Å². The van der Waals surface area contributed by atoms with Gasteiger partial charge in [0.05, 0.1) is 5.52 Å². The van der Waals surface area contributed by atoms with Gasteiger partial charge in [-0.05, 0) is 24.3 Å². The summed E-state index contributed by atoms with van der Waals surface area (Å²) >= 11 is 6.03. The van der Waals surface area contributed by atoms with Crippen LogP contribution >= 0.6 is 11.6 Å². The smallest absolute Gasteiger partial charge is 0.197 e. The molecule has 0 radical (unpaired) electrons. The molecule has 0 bridgehead atoms. The van der Waals surface area contributed by atoms with Gasteiger partial charge in [0.1, 0.15) is 5.69 Å². The van der Waals surface area contributed by atoms with Gasteiger partial charge in [-0.2, -0.15) is 0 Å². The zero-order chi connectivity index (χ0) is 11.8. The fraction of sp³-hybridized carbons (Fsp3) is 0. The van der Waals surface area contributed by atoms with Crippen molar-refractivity contribution in [3.05, 3.63) is 47.7 Å². The van der Waals surface area contributed by atoms with Gasteiger partial charge < -0.3 is 5.11 Å². The highest BCUT2D eigenvalue weighted by Gasteiger charge is 2.14. The largest absolute Gasteiger partial charge is 0.494 e. The molecule has 0 saturated carbocycles. The van der Waals surface area contributed by atoms with E-state index in [0.29, 0.717) is 22.2 Å². The average Bonchev–Trinajstić information content (AvgIpc) is 2.70. The monoisotopic (exact) mass is 245 g/mol. The zero-order valence-electron chi connectivity index (χ0n) is 8.71. The summed E-state index contributed by atoms with van der Waals surface area (Å²) in [5.41, 5.74) is 1.32. The summed E-state index contributed by atoms with van der Waals surface area (Å²) in [6.45, 7) is 0. The van der Waals surface area contributed by atoms with Crippen LogP contribution in [0.4, 0.5) is 0 Å². The maximum Gasteiger partial charge on any atom is 0.197 e. The molecular formula is C12H8ClN3O. The highest BCUT2D eigenvalue weighted by Crippen LogP contribution is 2.28. The lowest BCUT2D eigenvalue weighted by atomic mass is 10.3. The van der Waals surface area contributed by atoms with Gasteiger partial charge in [0.25, 0.3) is 0 Å². The first-order valence-corrected chi connectivity index (χ1v) is 5.42. The lowest BCUT2D eigenvalue weighted by molar-refractivity contribution is 0.447. The van der Waals surface area contributed by atoms with E-state index in [9.17, 15) is 5.11 Å². The van der Waals surface area contributed by atoms with Crippen LogP contribution < -0.4 is 0 Å². The first-order chi connectivity index (χ1) is 8.27. The molecule has 0 amide bonds. The summed E-state index contributed by atoms with van der Waals surface area (Å²) in [7, 11) is 0. The van der Waals surface area contributed by atoms with E-state index >= 15 is 0 Å². The molecule has 0 atom stereocenters. The quantitative estimate of drug-likeness (QED) is 0.717. The fourth-order valence-electron chi connectivity index (χ4n) is 1.75. The minimum Gasteiger partial charge on any atom is -0.494 e. The van der Waals surface area contributed by atoms with Gasteiger partial charge in [0, 0.05) is 6.20 Å². The molecule has 1 N–H and O–H groups in total. The Morgan fingerprint density at radius 2 is 2.00 bits per heavy atom. The lowest BCUT2D eigenvalue weighted by Crippen LogP contribution is -1.91. The van der Waals surface area contributed by atoms with Gasteiger partial charge in [-0.1, -0.05) is 23.7 Å². The minimum atomic E-state index is 0.0857. The number of hydrogen-bond acceptors (Lipinski definition) is 3. The summed E-state index contributed by atoms with van der Waals surface area (Å²) in [6, 6.07) is 10.6. The molecule has 3 rings (SSSR count). The van der Waals surface area contributed by atoms with Crippen LogP contribution in [-0.2, 0) is 0 Å². The molecule has 3 heterocycles. The van der Waals surface area contributed by atoms with Crippen molar-refractivity contribution in [1.29, 1.82) is 0 Å². The third kappa shape index (κ3) is 1.54. The van der Waals surface area contributed by atoms with E-state index in [1.165, 1.54) is 0 Å². The van der Waals surface area contributed by atoms with Crippen molar-refractivity contribution in [3.8, 4) is 17.4 Å². The number of nitrogens with zero attached hydrogens (tertiary/aromatic N) is 3. The molecule has 0 aliphatic carbocycles. The third-order valence-corrected chi connectivity index (χ3v) is 2.77. The van der Waals surface area contributed by atoms with Crippen molar-refractivity contribution in [1.82, 2.24) is 14.4 Å². The van der Waals surface area contributed by atoms with Gasteiger partial charge in [0.2, 0.25) is 0 Å². The van der Waals surface area contributed by atoms with Crippen molar-refractivity contribution in [3.63, 3.8) is 0 Å². The second-order valence-electron chi connectivity index (χ2n) is 3.55. The van der Waals surface area contributed by atoms with Crippen molar-refractivity contribution >= 4 is 17.1 Å². The predicted octanol–water partition coefficient (Wildman–Crippen LogP) is 2.76. The van der Waals surface area contributed by atoms with Crippen LogP contribution in [0.1, 0.15) is 0 Å². The summed E-state index contributed by atoms with van der Waals surface area (Å²) in [6.07, 6.45) is 1.67. The van der Waals surface area contributed by atoms with Crippen LogP contribution in [0.3, 0.4) is 0 Å². The Hall–Kier alpha value is -2.07. The van der Waals surface area contributed by atoms with E-state index in [4.69, 9.17) is 11.6 Å². The maximum atomic E-state index is 9.86. The number of rotatable bonds is 1. The van der Waals surface area contributed by atoms with E-state index < -0.39 is 0 Å². The number of fused-ring (bicyclic) bond motifs is 1. The molecule has 0 aliphatic heterocycles. The number of aromatic hydroxyl groups is 1. The van der Waals surface area contributed by atoms with Crippen LogP contribution in [-0.4, -0.2) is 19.5 Å². The van der Waals surface area contributed by atoms with Crippen LogP contribution in [0, 0.1) is 0 Å². The summed E-state index contributed by atoms with van der Waals surface area (Å²) in [5, 5.41) is 10.2. The molecule has 3 aromatic heterocycles. The number of hydrogen-bond donors (Lipinski definition) is 1. The van der Waals surface area contributed by atoms with E-state index in [1.54, 1.807) is 28.8 Å². The van der Waals surface area contributed by atoms with Crippen molar-refractivity contribution in [2.75, 3.05) is 0 Å². The Kier molecular flexibility index (Phi) is 2.23. The predicted molar refractivity (Wildman–Crippen MR) is 65.1 cm³/mol. The van der Waals surface area contributed by atoms with Crippen LogP contribution in [0.15, 0.2) is 42.6 Å². The summed E-state index contributed by atoms with van der Waals surface area (Å²) < 4.78 is 1.57. The van der Waals surface area contributed by atoms with Gasteiger partial charge in [0.15, 0.2) is 16.9 Å². The SMILES string of the molecule is Oc1cccc2c(Cl)nc(-c3ccccn3)n12. The summed E-state index contributed by atoms with van der Waals surface area (Å²) in [4.78, 5) is 8.43. The van der Waals surface area contributed by atoms with Crippen LogP contribution in [0.25, 0.3) is 17.0 Å². The molecule has 17 heavy (non-hydrogen) atoms. The van der Waals surface area contributed by atoms with Crippen LogP contribution in [0.2, 0.25) is 5.15 Å².